The van der Waals surface area contributed by atoms with Crippen LogP contribution in [0.3, 0.4) is 0 Å². The number of benzene rings is 1. The predicted octanol–water partition coefficient (Wildman–Crippen LogP) is 3.08. The van der Waals surface area contributed by atoms with Crippen molar-refractivity contribution in [1.29, 1.82) is 0 Å². The lowest BCUT2D eigenvalue weighted by Gasteiger charge is -2.33. The molecule has 3 heterocycles. The average Bonchev–Trinajstić information content (AvgIpc) is 2.73. The molecular formula is C23H30N4O2. The Balaban J connectivity index is 1.47. The minimum Gasteiger partial charge on any atom is -0.496 e. The van der Waals surface area contributed by atoms with Crippen molar-refractivity contribution in [1.82, 2.24) is 19.8 Å². The molecule has 2 aliphatic heterocycles. The summed E-state index contributed by atoms with van der Waals surface area (Å²) in [6.07, 6.45) is 5.04. The molecule has 1 aromatic carbocycles. The van der Waals surface area contributed by atoms with E-state index in [1.54, 1.807) is 14.0 Å². The summed E-state index contributed by atoms with van der Waals surface area (Å²) in [5, 5.41) is 0. The predicted molar refractivity (Wildman–Crippen MR) is 112 cm³/mol. The zero-order valence-electron chi connectivity index (χ0n) is 17.6. The lowest BCUT2D eigenvalue weighted by Crippen LogP contribution is -2.36. The summed E-state index contributed by atoms with van der Waals surface area (Å²) < 4.78 is 5.64. The molecule has 0 saturated carbocycles. The maximum atomic E-state index is 11.6. The number of methoxy groups -OCH3 is 1. The number of likely N-dealkylation sites (tertiary alicyclic amines) is 1. The van der Waals surface area contributed by atoms with Crippen LogP contribution in [0.15, 0.2) is 24.4 Å². The van der Waals surface area contributed by atoms with Crippen LogP contribution in [0.1, 0.15) is 53.9 Å². The van der Waals surface area contributed by atoms with Gasteiger partial charge in [-0.1, -0.05) is 18.2 Å². The van der Waals surface area contributed by atoms with Gasteiger partial charge in [0.2, 0.25) is 5.91 Å². The summed E-state index contributed by atoms with van der Waals surface area (Å²) in [6.45, 7) is 8.05. The Hall–Kier alpha value is -2.47. The molecule has 6 nitrogen and oxygen atoms in total. The van der Waals surface area contributed by atoms with E-state index >= 15 is 0 Å². The van der Waals surface area contributed by atoms with Gasteiger partial charge in [0.05, 0.1) is 12.8 Å². The van der Waals surface area contributed by atoms with Crippen LogP contribution in [0.5, 0.6) is 5.75 Å². The molecule has 1 fully saturated rings. The molecule has 154 valence electrons. The van der Waals surface area contributed by atoms with E-state index in [1.807, 2.05) is 11.1 Å². The van der Waals surface area contributed by atoms with Crippen LogP contribution in [0.2, 0.25) is 0 Å². The fourth-order valence-corrected chi connectivity index (χ4v) is 4.58. The van der Waals surface area contributed by atoms with Crippen LogP contribution in [-0.2, 0) is 24.3 Å². The molecular weight excluding hydrogens is 364 g/mol. The Morgan fingerprint density at radius 3 is 2.97 bits per heavy atom. The van der Waals surface area contributed by atoms with Crippen molar-refractivity contribution >= 4 is 5.91 Å². The quantitative estimate of drug-likeness (QED) is 0.798. The number of carbonyl (C=O) groups is 1. The van der Waals surface area contributed by atoms with Crippen molar-refractivity contribution in [3.05, 3.63) is 52.6 Å². The second-order valence-electron chi connectivity index (χ2n) is 8.23. The van der Waals surface area contributed by atoms with Crippen LogP contribution in [0, 0.1) is 6.92 Å². The molecule has 1 atom stereocenters. The largest absolute Gasteiger partial charge is 0.496 e. The number of ether oxygens (including phenoxy) is 1. The number of piperidine rings is 1. The van der Waals surface area contributed by atoms with E-state index in [0.717, 1.165) is 68.3 Å². The van der Waals surface area contributed by atoms with Gasteiger partial charge >= 0.3 is 0 Å². The van der Waals surface area contributed by atoms with Gasteiger partial charge in [0.15, 0.2) is 0 Å². The Morgan fingerprint density at radius 2 is 2.17 bits per heavy atom. The standard InChI is InChI=1S/C23H30N4O2/c1-16-6-4-7-18(22(16)29-3)13-26-10-5-8-19(14-26)23-24-12-20-15-27(17(2)28)11-9-21(20)25-23/h4,6-7,12,19H,5,8-11,13-15H2,1-3H3. The van der Waals surface area contributed by atoms with E-state index in [0.29, 0.717) is 12.5 Å². The summed E-state index contributed by atoms with van der Waals surface area (Å²) in [7, 11) is 1.75. The number of aryl methyl sites for hydroxylation is 1. The minimum atomic E-state index is 0.120. The summed E-state index contributed by atoms with van der Waals surface area (Å²) in [6, 6.07) is 6.35. The SMILES string of the molecule is COc1c(C)cccc1CN1CCCC(c2ncc3c(n2)CCN(C(C)=O)C3)C1. The Bertz CT molecular complexity index is 898. The molecule has 29 heavy (non-hydrogen) atoms. The van der Waals surface area contributed by atoms with Gasteiger partial charge in [-0.15, -0.1) is 0 Å². The number of fused-ring (bicyclic) bond motifs is 1. The number of hydrogen-bond donors (Lipinski definition) is 0. The number of amides is 1. The molecule has 0 N–H and O–H groups in total. The fraction of sp³-hybridized carbons (Fsp3) is 0.522. The monoisotopic (exact) mass is 394 g/mol. The second-order valence-corrected chi connectivity index (χ2v) is 8.23. The van der Waals surface area contributed by atoms with Crippen LogP contribution in [0.25, 0.3) is 0 Å². The number of para-hydroxylation sites is 1. The van der Waals surface area contributed by atoms with E-state index < -0.39 is 0 Å². The lowest BCUT2D eigenvalue weighted by atomic mass is 9.95. The molecule has 0 spiro atoms. The highest BCUT2D eigenvalue weighted by atomic mass is 16.5. The van der Waals surface area contributed by atoms with Crippen LogP contribution < -0.4 is 4.74 Å². The maximum absolute atomic E-state index is 11.6. The van der Waals surface area contributed by atoms with E-state index in [2.05, 4.69) is 30.0 Å². The van der Waals surface area contributed by atoms with E-state index in [9.17, 15) is 4.79 Å². The highest BCUT2D eigenvalue weighted by Crippen LogP contribution is 2.30. The van der Waals surface area contributed by atoms with Gasteiger partial charge in [0, 0.05) is 62.8 Å². The van der Waals surface area contributed by atoms with Crippen LogP contribution in [0.4, 0.5) is 0 Å². The lowest BCUT2D eigenvalue weighted by molar-refractivity contribution is -0.129. The van der Waals surface area contributed by atoms with E-state index in [1.165, 1.54) is 11.1 Å². The third-order valence-electron chi connectivity index (χ3n) is 6.16. The second kappa shape index (κ2) is 8.49. The van der Waals surface area contributed by atoms with Crippen LogP contribution >= 0.6 is 0 Å². The topological polar surface area (TPSA) is 58.6 Å². The van der Waals surface area contributed by atoms with E-state index in [4.69, 9.17) is 14.7 Å². The van der Waals surface area contributed by atoms with Gasteiger partial charge in [0.1, 0.15) is 11.6 Å². The molecule has 0 bridgehead atoms. The summed E-state index contributed by atoms with van der Waals surface area (Å²) >= 11 is 0. The van der Waals surface area contributed by atoms with Gasteiger partial charge in [0.25, 0.3) is 0 Å². The van der Waals surface area contributed by atoms with Crippen LogP contribution in [-0.4, -0.2) is 52.4 Å². The fourth-order valence-electron chi connectivity index (χ4n) is 4.58. The minimum absolute atomic E-state index is 0.120. The van der Waals surface area contributed by atoms with Gasteiger partial charge in [-0.2, -0.15) is 0 Å². The number of aromatic nitrogens is 2. The molecule has 2 aliphatic rings. The highest BCUT2D eigenvalue weighted by Gasteiger charge is 2.26. The third-order valence-corrected chi connectivity index (χ3v) is 6.16. The molecule has 1 unspecified atom stereocenters. The zero-order valence-corrected chi connectivity index (χ0v) is 17.6. The molecule has 6 heteroatoms. The first kappa shape index (κ1) is 19.8. The Labute approximate surface area is 172 Å². The van der Waals surface area contributed by atoms with Crippen molar-refractivity contribution in [2.45, 2.75) is 52.1 Å². The summed E-state index contributed by atoms with van der Waals surface area (Å²) in [5.74, 6) is 2.43. The number of rotatable bonds is 4. The Kier molecular flexibility index (Phi) is 5.81. The van der Waals surface area contributed by atoms with Gasteiger partial charge < -0.3 is 9.64 Å². The van der Waals surface area contributed by atoms with Gasteiger partial charge in [-0.05, 0) is 31.9 Å². The van der Waals surface area contributed by atoms with Crippen molar-refractivity contribution < 1.29 is 9.53 Å². The first-order valence-electron chi connectivity index (χ1n) is 10.5. The molecule has 1 saturated heterocycles. The van der Waals surface area contributed by atoms with Crippen molar-refractivity contribution in [2.24, 2.45) is 0 Å². The number of nitrogens with zero attached hydrogens (tertiary/aromatic N) is 4. The number of carbonyl (C=O) groups excluding carboxylic acids is 1. The van der Waals surface area contributed by atoms with Gasteiger partial charge in [-0.3, -0.25) is 9.69 Å². The van der Waals surface area contributed by atoms with Gasteiger partial charge in [-0.25, -0.2) is 9.97 Å². The maximum Gasteiger partial charge on any atom is 0.219 e. The molecule has 0 aliphatic carbocycles. The average molecular weight is 395 g/mol. The highest BCUT2D eigenvalue weighted by molar-refractivity contribution is 5.73. The van der Waals surface area contributed by atoms with E-state index in [-0.39, 0.29) is 5.91 Å². The third kappa shape index (κ3) is 4.27. The normalized spacial score (nSPS) is 19.7. The smallest absolute Gasteiger partial charge is 0.219 e. The molecule has 1 amide bonds. The first-order valence-corrected chi connectivity index (χ1v) is 10.5. The Morgan fingerprint density at radius 1 is 1.31 bits per heavy atom. The number of hydrogen-bond acceptors (Lipinski definition) is 5. The molecule has 4 rings (SSSR count). The first-order chi connectivity index (χ1) is 14.0. The molecule has 0 radical (unpaired) electrons. The molecule has 1 aromatic heterocycles. The van der Waals surface area contributed by atoms with Crippen molar-refractivity contribution in [3.8, 4) is 5.75 Å². The van der Waals surface area contributed by atoms with Crippen molar-refractivity contribution in [3.63, 3.8) is 0 Å². The summed E-state index contributed by atoms with van der Waals surface area (Å²) in [5.41, 5.74) is 4.62. The zero-order chi connectivity index (χ0) is 20.4. The molecule has 2 aromatic rings. The summed E-state index contributed by atoms with van der Waals surface area (Å²) in [4.78, 5) is 25.6. The van der Waals surface area contributed by atoms with Crippen molar-refractivity contribution in [2.75, 3.05) is 26.7 Å².